The second-order valence-corrected chi connectivity index (χ2v) is 4.33. The van der Waals surface area contributed by atoms with E-state index in [0.717, 1.165) is 19.5 Å². The molecule has 1 unspecified atom stereocenters. The van der Waals surface area contributed by atoms with Crippen molar-refractivity contribution in [2.45, 2.75) is 25.9 Å². The van der Waals surface area contributed by atoms with Crippen molar-refractivity contribution in [3.05, 3.63) is 29.3 Å². The van der Waals surface area contributed by atoms with Crippen LogP contribution >= 0.6 is 0 Å². The van der Waals surface area contributed by atoms with Gasteiger partial charge in [0.15, 0.2) is 0 Å². The van der Waals surface area contributed by atoms with Crippen molar-refractivity contribution in [2.24, 2.45) is 0 Å². The highest BCUT2D eigenvalue weighted by Crippen LogP contribution is 2.30. The monoisotopic (exact) mass is 235 g/mol. The maximum Gasteiger partial charge on any atom is 0.306 e. The molecule has 0 bridgehead atoms. The number of rotatable bonds is 4. The summed E-state index contributed by atoms with van der Waals surface area (Å²) in [6.45, 7) is 4.09. The van der Waals surface area contributed by atoms with Crippen LogP contribution in [-0.2, 0) is 11.2 Å². The van der Waals surface area contributed by atoms with Crippen LogP contribution in [0.25, 0.3) is 0 Å². The van der Waals surface area contributed by atoms with E-state index in [2.05, 4.69) is 11.8 Å². The van der Waals surface area contributed by atoms with Crippen molar-refractivity contribution in [3.8, 4) is 0 Å². The number of fused-ring (bicyclic) bond motifs is 1. The van der Waals surface area contributed by atoms with Crippen molar-refractivity contribution in [2.75, 3.05) is 18.0 Å². The van der Waals surface area contributed by atoms with Gasteiger partial charge in [-0.15, -0.1) is 0 Å². The number of nitrogens with zero attached hydrogens (tertiary/aromatic N) is 1. The molecule has 2 rings (SSSR count). The van der Waals surface area contributed by atoms with Gasteiger partial charge in [-0.05, 0) is 30.5 Å². The normalized spacial score (nSPS) is 15.8. The number of hydrogen-bond donors (Lipinski definition) is 2. The summed E-state index contributed by atoms with van der Waals surface area (Å²) in [7, 11) is 0. The number of carbonyl (C=O) groups is 1. The molecule has 1 aliphatic rings. The molecule has 0 spiro atoms. The standard InChI is InChI=1S/C13H17NO3/c1-2-14-6-5-9-7-10(3-4-11(9)14)12(15)8-13(16)17/h3-4,7,12,15H,2,5-6,8H2,1H3,(H,16,17). The summed E-state index contributed by atoms with van der Waals surface area (Å²) < 4.78 is 0. The zero-order chi connectivity index (χ0) is 12.4. The van der Waals surface area contributed by atoms with Gasteiger partial charge in [0.05, 0.1) is 12.5 Å². The lowest BCUT2D eigenvalue weighted by atomic mass is 10.0. The van der Waals surface area contributed by atoms with Gasteiger partial charge in [-0.3, -0.25) is 4.79 Å². The van der Waals surface area contributed by atoms with E-state index in [4.69, 9.17) is 5.11 Å². The highest BCUT2D eigenvalue weighted by Gasteiger charge is 2.20. The number of carboxylic acids is 1. The molecule has 4 nitrogen and oxygen atoms in total. The molecule has 1 atom stereocenters. The smallest absolute Gasteiger partial charge is 0.306 e. The molecular weight excluding hydrogens is 218 g/mol. The molecule has 0 aliphatic carbocycles. The molecule has 1 aromatic rings. The number of aliphatic hydroxyl groups excluding tert-OH is 1. The SMILES string of the molecule is CCN1CCc2cc(C(O)CC(=O)O)ccc21. The topological polar surface area (TPSA) is 60.8 Å². The minimum Gasteiger partial charge on any atom is -0.481 e. The third kappa shape index (κ3) is 2.42. The Morgan fingerprint density at radius 3 is 2.94 bits per heavy atom. The van der Waals surface area contributed by atoms with E-state index in [1.54, 1.807) is 0 Å². The van der Waals surface area contributed by atoms with Crippen molar-refractivity contribution >= 4 is 11.7 Å². The Kier molecular flexibility index (Phi) is 3.33. The summed E-state index contributed by atoms with van der Waals surface area (Å²) >= 11 is 0. The predicted molar refractivity (Wildman–Crippen MR) is 65.2 cm³/mol. The fourth-order valence-corrected chi connectivity index (χ4v) is 2.31. The first-order chi connectivity index (χ1) is 8.11. The average Bonchev–Trinajstić information content (AvgIpc) is 2.69. The van der Waals surface area contributed by atoms with Gasteiger partial charge >= 0.3 is 5.97 Å². The lowest BCUT2D eigenvalue weighted by Gasteiger charge is -2.17. The Morgan fingerprint density at radius 1 is 1.53 bits per heavy atom. The second-order valence-electron chi connectivity index (χ2n) is 4.33. The lowest BCUT2D eigenvalue weighted by Crippen LogP contribution is -2.19. The van der Waals surface area contributed by atoms with Gasteiger partial charge in [-0.2, -0.15) is 0 Å². The zero-order valence-electron chi connectivity index (χ0n) is 9.89. The van der Waals surface area contributed by atoms with Crippen LogP contribution in [0.3, 0.4) is 0 Å². The first-order valence-electron chi connectivity index (χ1n) is 5.89. The quantitative estimate of drug-likeness (QED) is 0.831. The molecule has 0 amide bonds. The first kappa shape index (κ1) is 11.9. The fourth-order valence-electron chi connectivity index (χ4n) is 2.31. The Hall–Kier alpha value is -1.55. The highest BCUT2D eigenvalue weighted by atomic mass is 16.4. The number of hydrogen-bond acceptors (Lipinski definition) is 3. The zero-order valence-corrected chi connectivity index (χ0v) is 9.89. The van der Waals surface area contributed by atoms with Gasteiger partial charge in [0, 0.05) is 18.8 Å². The largest absolute Gasteiger partial charge is 0.481 e. The van der Waals surface area contributed by atoms with E-state index in [9.17, 15) is 9.90 Å². The van der Waals surface area contributed by atoms with Crippen molar-refractivity contribution in [3.63, 3.8) is 0 Å². The molecule has 4 heteroatoms. The summed E-state index contributed by atoms with van der Waals surface area (Å²) in [5, 5.41) is 18.4. The van der Waals surface area contributed by atoms with Crippen LogP contribution in [0.15, 0.2) is 18.2 Å². The highest BCUT2D eigenvalue weighted by molar-refractivity contribution is 5.68. The van der Waals surface area contributed by atoms with E-state index in [-0.39, 0.29) is 6.42 Å². The molecule has 0 saturated heterocycles. The minimum absolute atomic E-state index is 0.240. The number of likely N-dealkylation sites (N-methyl/N-ethyl adjacent to an activating group) is 1. The maximum absolute atomic E-state index is 10.5. The Bertz CT molecular complexity index is 431. The van der Waals surface area contributed by atoms with Gasteiger partial charge in [0.25, 0.3) is 0 Å². The van der Waals surface area contributed by atoms with Gasteiger partial charge in [-0.25, -0.2) is 0 Å². The Morgan fingerprint density at radius 2 is 2.29 bits per heavy atom. The minimum atomic E-state index is -0.979. The van der Waals surface area contributed by atoms with Crippen molar-refractivity contribution in [1.82, 2.24) is 0 Å². The third-order valence-electron chi connectivity index (χ3n) is 3.23. The summed E-state index contributed by atoms with van der Waals surface area (Å²) in [6, 6.07) is 5.73. The lowest BCUT2D eigenvalue weighted by molar-refractivity contribution is -0.139. The second kappa shape index (κ2) is 4.75. The Labute approximate surface area is 100 Å². The van der Waals surface area contributed by atoms with Gasteiger partial charge in [0.2, 0.25) is 0 Å². The number of benzene rings is 1. The molecule has 1 aliphatic heterocycles. The fraction of sp³-hybridized carbons (Fsp3) is 0.462. The first-order valence-corrected chi connectivity index (χ1v) is 5.89. The molecule has 1 aromatic carbocycles. The van der Waals surface area contributed by atoms with E-state index >= 15 is 0 Å². The Balaban J connectivity index is 2.20. The molecule has 17 heavy (non-hydrogen) atoms. The summed E-state index contributed by atoms with van der Waals surface area (Å²) in [6.07, 6.45) is -0.180. The molecule has 1 heterocycles. The summed E-state index contributed by atoms with van der Waals surface area (Å²) in [5.74, 6) is -0.979. The van der Waals surface area contributed by atoms with Gasteiger partial charge < -0.3 is 15.1 Å². The van der Waals surface area contributed by atoms with Crippen LogP contribution in [0.4, 0.5) is 5.69 Å². The van der Waals surface area contributed by atoms with Crippen LogP contribution in [0.2, 0.25) is 0 Å². The van der Waals surface area contributed by atoms with E-state index < -0.39 is 12.1 Å². The maximum atomic E-state index is 10.5. The van der Waals surface area contributed by atoms with Crippen LogP contribution in [0.1, 0.15) is 30.6 Å². The summed E-state index contributed by atoms with van der Waals surface area (Å²) in [5.41, 5.74) is 3.11. The number of aliphatic carboxylic acids is 1. The van der Waals surface area contributed by atoms with Crippen LogP contribution in [0.5, 0.6) is 0 Å². The molecule has 0 aromatic heterocycles. The third-order valence-corrected chi connectivity index (χ3v) is 3.23. The molecular formula is C13H17NO3. The summed E-state index contributed by atoms with van der Waals surface area (Å²) in [4.78, 5) is 12.8. The van der Waals surface area contributed by atoms with E-state index in [0.29, 0.717) is 5.56 Å². The van der Waals surface area contributed by atoms with Gasteiger partial charge in [-0.1, -0.05) is 12.1 Å². The number of carboxylic acid groups (broad SMARTS) is 1. The molecule has 0 radical (unpaired) electrons. The van der Waals surface area contributed by atoms with Crippen LogP contribution in [0, 0.1) is 0 Å². The molecule has 0 saturated carbocycles. The van der Waals surface area contributed by atoms with Crippen molar-refractivity contribution in [1.29, 1.82) is 0 Å². The van der Waals surface area contributed by atoms with Gasteiger partial charge in [0.1, 0.15) is 0 Å². The predicted octanol–water partition coefficient (Wildman–Crippen LogP) is 1.58. The molecule has 2 N–H and O–H groups in total. The number of aliphatic hydroxyl groups is 1. The van der Waals surface area contributed by atoms with Crippen LogP contribution in [-0.4, -0.2) is 29.3 Å². The number of anilines is 1. The molecule has 92 valence electrons. The van der Waals surface area contributed by atoms with Crippen molar-refractivity contribution < 1.29 is 15.0 Å². The van der Waals surface area contributed by atoms with Crippen LogP contribution < -0.4 is 4.90 Å². The molecule has 0 fully saturated rings. The average molecular weight is 235 g/mol. The van der Waals surface area contributed by atoms with E-state index in [1.807, 2.05) is 18.2 Å². The van der Waals surface area contributed by atoms with E-state index in [1.165, 1.54) is 11.3 Å².